The van der Waals surface area contributed by atoms with Crippen molar-refractivity contribution in [3.05, 3.63) is 72.0 Å². The Kier molecular flexibility index (Phi) is 5.03. The summed E-state index contributed by atoms with van der Waals surface area (Å²) in [6.45, 7) is 5.62. The van der Waals surface area contributed by atoms with Crippen LogP contribution in [0.1, 0.15) is 12.5 Å². The third-order valence-electron chi connectivity index (χ3n) is 3.34. The number of benzene rings is 1. The van der Waals surface area contributed by atoms with E-state index in [0.717, 1.165) is 21.5 Å². The summed E-state index contributed by atoms with van der Waals surface area (Å²) < 4.78 is 15.6. The van der Waals surface area contributed by atoms with Crippen molar-refractivity contribution in [3.8, 4) is 10.4 Å². The Labute approximate surface area is 131 Å². The second kappa shape index (κ2) is 6.77. The van der Waals surface area contributed by atoms with Crippen molar-refractivity contribution in [1.82, 2.24) is 0 Å². The maximum absolute atomic E-state index is 14.3. The van der Waals surface area contributed by atoms with Crippen LogP contribution in [0.5, 0.6) is 0 Å². The van der Waals surface area contributed by atoms with E-state index in [4.69, 9.17) is 0 Å². The Bertz CT molecular complexity index is 726. The van der Waals surface area contributed by atoms with Crippen LogP contribution in [-0.4, -0.2) is 15.7 Å². The van der Waals surface area contributed by atoms with Gasteiger partial charge in [-0.25, -0.2) is 4.39 Å². The molecule has 2 aromatic rings. The van der Waals surface area contributed by atoms with E-state index in [-0.39, 0.29) is 5.82 Å². The van der Waals surface area contributed by atoms with Crippen molar-refractivity contribution >= 4 is 37.4 Å². The van der Waals surface area contributed by atoms with Crippen LogP contribution >= 0.6 is 11.3 Å². The van der Waals surface area contributed by atoms with E-state index in [1.807, 2.05) is 45.1 Å². The van der Waals surface area contributed by atoms with Gasteiger partial charge in [-0.3, -0.25) is 0 Å². The van der Waals surface area contributed by atoms with E-state index in [1.54, 1.807) is 23.5 Å². The maximum Gasteiger partial charge on any atom is 0.152 e. The number of allylic oxidation sites excluding steroid dienone is 5. The molecule has 0 saturated heterocycles. The highest BCUT2D eigenvalue weighted by molar-refractivity contribution is 7.23. The predicted octanol–water partition coefficient (Wildman–Crippen LogP) is 2.92. The van der Waals surface area contributed by atoms with Gasteiger partial charge in [0.05, 0.1) is 0 Å². The molecule has 0 atom stereocenters. The highest BCUT2D eigenvalue weighted by atomic mass is 32.1. The lowest BCUT2D eigenvalue weighted by molar-refractivity contribution is 0.624. The smallest absolute Gasteiger partial charge is 0.152 e. The van der Waals surface area contributed by atoms with Crippen molar-refractivity contribution in [2.75, 3.05) is 0 Å². The lowest BCUT2D eigenvalue weighted by Crippen LogP contribution is -1.89. The fourth-order valence-electron chi connectivity index (χ4n) is 1.99. The summed E-state index contributed by atoms with van der Waals surface area (Å²) in [5.74, 6) is -0.183. The Balaban J connectivity index is 2.33. The summed E-state index contributed by atoms with van der Waals surface area (Å²) in [5.41, 5.74) is 3.53. The Morgan fingerprint density at radius 2 is 2.00 bits per heavy atom. The van der Waals surface area contributed by atoms with Gasteiger partial charge in [0, 0.05) is 10.4 Å². The minimum atomic E-state index is -0.183. The van der Waals surface area contributed by atoms with Crippen LogP contribution in [0.25, 0.3) is 16.0 Å². The first kappa shape index (κ1) is 15.6. The number of hydrogen-bond acceptors (Lipinski definition) is 1. The first-order valence-electron chi connectivity index (χ1n) is 6.85. The monoisotopic (exact) mass is 294 g/mol. The summed E-state index contributed by atoms with van der Waals surface area (Å²) in [6, 6.07) is 9.53. The van der Waals surface area contributed by atoms with Gasteiger partial charge < -0.3 is 0 Å². The molecule has 1 aromatic heterocycles. The maximum atomic E-state index is 14.3. The van der Waals surface area contributed by atoms with Gasteiger partial charge in [-0.2, -0.15) is 11.3 Å². The highest BCUT2D eigenvalue weighted by Crippen LogP contribution is 2.27. The summed E-state index contributed by atoms with van der Waals surface area (Å²) >= 11 is 1.68. The van der Waals surface area contributed by atoms with E-state index >= 15 is 0 Å². The van der Waals surface area contributed by atoms with Crippen molar-refractivity contribution in [3.63, 3.8) is 0 Å². The van der Waals surface area contributed by atoms with Crippen LogP contribution in [-0.2, 0) is 0 Å². The van der Waals surface area contributed by atoms with E-state index in [1.165, 1.54) is 4.78 Å². The Morgan fingerprint density at radius 1 is 1.24 bits per heavy atom. The van der Waals surface area contributed by atoms with E-state index < -0.39 is 0 Å². The molecule has 0 bridgehead atoms. The molecule has 1 aromatic carbocycles. The fourth-order valence-corrected chi connectivity index (χ4v) is 2.86. The molecule has 0 radical (unpaired) electrons. The molecular formula is C17H17B2FS. The average Bonchev–Trinajstić information content (AvgIpc) is 2.90. The molecule has 0 N–H and O–H groups in total. The molecule has 0 fully saturated rings. The van der Waals surface area contributed by atoms with Gasteiger partial charge in [0.2, 0.25) is 0 Å². The second-order valence-electron chi connectivity index (χ2n) is 5.07. The van der Waals surface area contributed by atoms with Gasteiger partial charge in [0.1, 0.15) is 13.7 Å². The summed E-state index contributed by atoms with van der Waals surface area (Å²) in [6.07, 6.45) is 5.64. The molecule has 21 heavy (non-hydrogen) atoms. The van der Waals surface area contributed by atoms with Crippen LogP contribution in [0.2, 0.25) is 0 Å². The Morgan fingerprint density at radius 3 is 2.57 bits per heavy atom. The van der Waals surface area contributed by atoms with Crippen molar-refractivity contribution in [2.24, 2.45) is 0 Å². The molecule has 0 nitrogen and oxygen atoms in total. The van der Waals surface area contributed by atoms with Crippen molar-refractivity contribution < 1.29 is 4.39 Å². The minimum absolute atomic E-state index is 0.183. The summed E-state index contributed by atoms with van der Waals surface area (Å²) in [5, 5.41) is 0. The first-order chi connectivity index (χ1) is 10.0. The molecule has 1 heterocycles. The summed E-state index contributed by atoms with van der Waals surface area (Å²) in [4.78, 5) is 1.10. The van der Waals surface area contributed by atoms with Gasteiger partial charge in [-0.05, 0) is 35.0 Å². The Hall–Kier alpha value is -1.80. The van der Waals surface area contributed by atoms with Crippen LogP contribution in [0.4, 0.5) is 4.39 Å². The standard InChI is InChI=1S/C17H17B2FS/c1-3-13(18)6-4-11(2)14-7-5-12(10-15(14)20)16-8-9-17(19)21-16/h3-10H,1,18-19H2,2H3/b11-4+,13-6+. The van der Waals surface area contributed by atoms with Crippen LogP contribution < -0.4 is 4.78 Å². The molecule has 0 aliphatic carbocycles. The molecule has 0 amide bonds. The number of thiophene rings is 1. The molecule has 0 aliphatic rings. The molecule has 104 valence electrons. The topological polar surface area (TPSA) is 0 Å². The quantitative estimate of drug-likeness (QED) is 0.601. The first-order valence-corrected chi connectivity index (χ1v) is 7.67. The zero-order valence-corrected chi connectivity index (χ0v) is 13.4. The number of rotatable bonds is 4. The molecule has 0 unspecified atom stereocenters. The van der Waals surface area contributed by atoms with Crippen LogP contribution in [0, 0.1) is 5.82 Å². The van der Waals surface area contributed by atoms with Crippen LogP contribution in [0.3, 0.4) is 0 Å². The molecule has 0 saturated carbocycles. The lowest BCUT2D eigenvalue weighted by atomic mass is 9.94. The van der Waals surface area contributed by atoms with Gasteiger partial charge >= 0.3 is 0 Å². The third kappa shape index (κ3) is 3.85. The number of halogens is 1. The zero-order valence-electron chi connectivity index (χ0n) is 12.6. The average molecular weight is 294 g/mol. The highest BCUT2D eigenvalue weighted by Gasteiger charge is 2.07. The lowest BCUT2D eigenvalue weighted by Gasteiger charge is -2.05. The number of hydrogen-bond donors (Lipinski definition) is 0. The summed E-state index contributed by atoms with van der Waals surface area (Å²) in [7, 11) is 4.02. The zero-order chi connectivity index (χ0) is 15.4. The van der Waals surface area contributed by atoms with Crippen molar-refractivity contribution in [2.45, 2.75) is 6.92 Å². The molecular weight excluding hydrogens is 277 g/mol. The molecule has 0 aliphatic heterocycles. The van der Waals surface area contributed by atoms with E-state index in [2.05, 4.69) is 20.5 Å². The van der Waals surface area contributed by atoms with Crippen molar-refractivity contribution in [1.29, 1.82) is 0 Å². The molecule has 4 heteroatoms. The minimum Gasteiger partial charge on any atom is -0.206 e. The van der Waals surface area contributed by atoms with E-state index in [9.17, 15) is 4.39 Å². The normalized spacial score (nSPS) is 12.5. The predicted molar refractivity (Wildman–Crippen MR) is 98.4 cm³/mol. The molecule has 0 spiro atoms. The van der Waals surface area contributed by atoms with Gasteiger partial charge in [-0.15, -0.1) is 0 Å². The van der Waals surface area contributed by atoms with Gasteiger partial charge in [-0.1, -0.05) is 48.5 Å². The second-order valence-corrected chi connectivity index (χ2v) is 6.36. The third-order valence-corrected chi connectivity index (χ3v) is 4.39. The SMILES string of the molecule is B/C(C=C)=C/C=C(\C)c1ccc(-c2ccc(B)s2)cc1F. The largest absolute Gasteiger partial charge is 0.206 e. The van der Waals surface area contributed by atoms with E-state index in [0.29, 0.717) is 5.56 Å². The molecule has 2 rings (SSSR count). The van der Waals surface area contributed by atoms with Gasteiger partial charge in [0.25, 0.3) is 0 Å². The van der Waals surface area contributed by atoms with Crippen LogP contribution in [0.15, 0.2) is 60.6 Å². The fraction of sp³-hybridized carbons (Fsp3) is 0.0588. The van der Waals surface area contributed by atoms with Gasteiger partial charge in [0.15, 0.2) is 7.85 Å².